The topological polar surface area (TPSA) is 83.5 Å². The second-order valence-electron chi connectivity index (χ2n) is 5.45. The van der Waals surface area contributed by atoms with Crippen molar-refractivity contribution in [3.63, 3.8) is 0 Å². The molecule has 0 aromatic heterocycles. The maximum absolute atomic E-state index is 13.6. The van der Waals surface area contributed by atoms with Crippen molar-refractivity contribution >= 4 is 16.1 Å². The zero-order valence-corrected chi connectivity index (χ0v) is 13.7. The number of halogens is 9. The van der Waals surface area contributed by atoms with Gasteiger partial charge < -0.3 is 14.1 Å². The minimum Gasteiger partial charge on any atom is -0.545 e. The van der Waals surface area contributed by atoms with Gasteiger partial charge in [0.15, 0.2) is 0 Å². The summed E-state index contributed by atoms with van der Waals surface area (Å²) in [6.07, 6.45) is -8.10. The van der Waals surface area contributed by atoms with Gasteiger partial charge >= 0.3 is 33.4 Å². The van der Waals surface area contributed by atoms with Crippen LogP contribution in [0.15, 0.2) is 11.3 Å². The van der Waals surface area contributed by atoms with Gasteiger partial charge in [0.25, 0.3) is 0 Å². The molecule has 0 fully saturated rings. The van der Waals surface area contributed by atoms with E-state index >= 15 is 0 Å². The Hall–Kier alpha value is -1.67. The van der Waals surface area contributed by atoms with Gasteiger partial charge in [-0.15, -0.1) is 0 Å². The first kappa shape index (κ1) is 23.4. The van der Waals surface area contributed by atoms with Crippen molar-refractivity contribution in [2.45, 2.75) is 55.4 Å². The number of carbonyl (C=O) groups is 1. The molecule has 0 saturated carbocycles. The number of carboxylic acids is 1. The molecule has 15 heteroatoms. The third-order valence-electron chi connectivity index (χ3n) is 3.55. The molecule has 0 saturated heterocycles. The lowest BCUT2D eigenvalue weighted by atomic mass is 10.1. The quantitative estimate of drug-likeness (QED) is 0.472. The maximum atomic E-state index is 13.6. The lowest BCUT2D eigenvalue weighted by molar-refractivity contribution is -0.382. The number of carboxylic acid groups (broad SMARTS) is 1. The Balaban J connectivity index is 3.42. The molecule has 0 bridgehead atoms. The summed E-state index contributed by atoms with van der Waals surface area (Å²) >= 11 is 0. The summed E-state index contributed by atoms with van der Waals surface area (Å²) in [5, 5.41) is 3.85. The second kappa shape index (κ2) is 7.05. The van der Waals surface area contributed by atoms with Gasteiger partial charge in [0, 0.05) is 12.0 Å². The molecule has 158 valence electrons. The highest BCUT2D eigenvalue weighted by atomic mass is 32.2. The molecule has 5 nitrogen and oxygen atoms in total. The predicted octanol–water partition coefficient (Wildman–Crippen LogP) is 2.73. The number of rotatable bonds is 6. The van der Waals surface area contributed by atoms with Crippen LogP contribution in [0.3, 0.4) is 0 Å². The van der Waals surface area contributed by atoms with E-state index in [1.165, 1.54) is 0 Å². The number of allylic oxidation sites excluding steroid dienone is 1. The van der Waals surface area contributed by atoms with E-state index in [-0.39, 0.29) is 19.3 Å². The minimum atomic E-state index is -7.45. The van der Waals surface area contributed by atoms with E-state index in [0.717, 1.165) is 0 Å². The zero-order chi connectivity index (χ0) is 21.5. The molecule has 0 aromatic carbocycles. The summed E-state index contributed by atoms with van der Waals surface area (Å²) in [5.41, 5.74) is -1.00. The summed E-state index contributed by atoms with van der Waals surface area (Å²) in [5.74, 6) is -18.3. The Morgan fingerprint density at radius 3 is 1.78 bits per heavy atom. The highest BCUT2D eigenvalue weighted by Crippen LogP contribution is 2.55. The third kappa shape index (κ3) is 3.96. The Bertz CT molecular complexity index is 724. The van der Waals surface area contributed by atoms with Crippen molar-refractivity contribution in [3.8, 4) is 0 Å². The van der Waals surface area contributed by atoms with E-state index in [4.69, 9.17) is 0 Å². The van der Waals surface area contributed by atoms with Crippen molar-refractivity contribution in [3.05, 3.63) is 11.3 Å². The average Bonchev–Trinajstić information content (AvgIpc) is 2.70. The van der Waals surface area contributed by atoms with Gasteiger partial charge in [-0.25, -0.2) is 0 Å². The van der Waals surface area contributed by atoms with E-state index < -0.39 is 63.5 Å². The first-order chi connectivity index (χ1) is 11.9. The fourth-order valence-corrected chi connectivity index (χ4v) is 3.06. The lowest BCUT2D eigenvalue weighted by Gasteiger charge is -2.32. The van der Waals surface area contributed by atoms with Gasteiger partial charge in [-0.05, 0) is 19.3 Å². The summed E-state index contributed by atoms with van der Waals surface area (Å²) in [4.78, 5) is 10.9. The molecule has 0 atom stereocenters. The number of carbonyl (C=O) groups excluding carboxylic acids is 1. The molecule has 1 aliphatic carbocycles. The molecule has 1 rings (SSSR count). The Labute approximate surface area is 145 Å². The smallest absolute Gasteiger partial charge is 0.460 e. The lowest BCUT2D eigenvalue weighted by Crippen LogP contribution is -2.63. The van der Waals surface area contributed by atoms with Crippen molar-refractivity contribution in [2.24, 2.45) is 0 Å². The van der Waals surface area contributed by atoms with Crippen molar-refractivity contribution in [2.75, 3.05) is 0 Å². The summed E-state index contributed by atoms with van der Waals surface area (Å²) in [6.45, 7) is 0. The van der Waals surface area contributed by atoms with Gasteiger partial charge in [0.2, 0.25) is 0 Å². The molecule has 0 amide bonds. The summed E-state index contributed by atoms with van der Waals surface area (Å²) in [7, 11) is -7.16. The number of aliphatic carboxylic acids is 1. The van der Waals surface area contributed by atoms with Gasteiger partial charge in [-0.1, -0.05) is 6.42 Å². The van der Waals surface area contributed by atoms with Crippen molar-refractivity contribution in [1.29, 1.82) is 0 Å². The van der Waals surface area contributed by atoms with Crippen LogP contribution in [0.25, 0.3) is 0 Å². The molecule has 0 heterocycles. The molecule has 0 unspecified atom stereocenters. The largest absolute Gasteiger partial charge is 0.545 e. The maximum Gasteiger partial charge on any atom is 0.460 e. The van der Waals surface area contributed by atoms with Crippen LogP contribution in [0.1, 0.15) is 32.1 Å². The predicted molar refractivity (Wildman–Crippen MR) is 66.0 cm³/mol. The van der Waals surface area contributed by atoms with Gasteiger partial charge in [-0.2, -0.15) is 47.9 Å². The molecular formula is C12H10F9O5S-. The molecule has 0 radical (unpaired) electrons. The third-order valence-corrected chi connectivity index (χ3v) is 4.86. The van der Waals surface area contributed by atoms with E-state index in [1.54, 1.807) is 0 Å². The Morgan fingerprint density at radius 2 is 1.33 bits per heavy atom. The Kier molecular flexibility index (Phi) is 6.10. The number of hydrogen-bond acceptors (Lipinski definition) is 5. The van der Waals surface area contributed by atoms with E-state index in [2.05, 4.69) is 4.18 Å². The number of hydrogen-bond donors (Lipinski definition) is 0. The molecule has 1 aliphatic rings. The zero-order valence-electron chi connectivity index (χ0n) is 12.9. The molecular weight excluding hydrogens is 427 g/mol. The van der Waals surface area contributed by atoms with Crippen LogP contribution in [0.4, 0.5) is 39.5 Å². The molecule has 0 N–H and O–H groups in total. The van der Waals surface area contributed by atoms with Gasteiger partial charge in [0.1, 0.15) is 5.76 Å². The van der Waals surface area contributed by atoms with Crippen LogP contribution < -0.4 is 5.11 Å². The van der Waals surface area contributed by atoms with Crippen LogP contribution in [0, 0.1) is 0 Å². The summed E-state index contributed by atoms with van der Waals surface area (Å²) in [6, 6.07) is 0. The highest BCUT2D eigenvalue weighted by Gasteiger charge is 2.86. The monoisotopic (exact) mass is 437 g/mol. The minimum absolute atomic E-state index is 0.0533. The van der Waals surface area contributed by atoms with Crippen LogP contribution in [0.2, 0.25) is 0 Å². The van der Waals surface area contributed by atoms with Crippen LogP contribution in [-0.2, 0) is 19.1 Å². The van der Waals surface area contributed by atoms with Crippen LogP contribution in [-0.4, -0.2) is 37.7 Å². The fourth-order valence-electron chi connectivity index (χ4n) is 2.06. The van der Waals surface area contributed by atoms with E-state index in [9.17, 15) is 57.8 Å². The molecule has 0 aliphatic heterocycles. The normalized spacial score (nSPS) is 18.3. The first-order valence-electron chi connectivity index (χ1n) is 6.97. The first-order valence-corrected chi connectivity index (χ1v) is 8.38. The highest BCUT2D eigenvalue weighted by molar-refractivity contribution is 7.88. The SMILES string of the molecule is O=C([O-])C1=C(OS(=O)(=O)C(F)(F)C(F)(F)C(F)(F)C(F)(F)F)CCCCC1. The molecule has 27 heavy (non-hydrogen) atoms. The second-order valence-corrected chi connectivity index (χ2v) is 7.04. The number of alkyl halides is 9. The van der Waals surface area contributed by atoms with E-state index in [1.807, 2.05) is 0 Å². The van der Waals surface area contributed by atoms with Crippen molar-refractivity contribution in [1.82, 2.24) is 0 Å². The standard InChI is InChI=1S/C12H11F9O5S/c13-9(14,11(17,18)19)10(15,16)12(20,21)27(24,25)26-7-5-3-1-2-4-6(7)8(22)23/h1-5H2,(H,22,23)/p-1. The van der Waals surface area contributed by atoms with Crippen LogP contribution in [0.5, 0.6) is 0 Å². The Morgan fingerprint density at radius 1 is 0.852 bits per heavy atom. The van der Waals surface area contributed by atoms with Gasteiger partial charge in [-0.3, -0.25) is 0 Å². The van der Waals surface area contributed by atoms with Gasteiger partial charge in [0.05, 0.1) is 5.97 Å². The average molecular weight is 437 g/mol. The van der Waals surface area contributed by atoms with E-state index in [0.29, 0.717) is 0 Å². The summed E-state index contributed by atoms with van der Waals surface area (Å²) < 4.78 is 142. The van der Waals surface area contributed by atoms with Crippen molar-refractivity contribution < 1.29 is 62.0 Å². The molecule has 0 aromatic rings. The fraction of sp³-hybridized carbons (Fsp3) is 0.750. The van der Waals surface area contributed by atoms with Crippen LogP contribution >= 0.6 is 0 Å². The molecule has 0 spiro atoms.